The molecule has 11 atom stereocenters. The lowest BCUT2D eigenvalue weighted by atomic mass is 9.97. The zero-order valence-corrected chi connectivity index (χ0v) is 54.3. The van der Waals surface area contributed by atoms with Gasteiger partial charge in [-0.3, -0.25) is 62.3 Å². The molecule has 0 aliphatic heterocycles. The molecular formula is C64H88N16O14S. The normalized spacial score (nSPS) is 14.6. The second-order valence-electron chi connectivity index (χ2n) is 23.2. The lowest BCUT2D eigenvalue weighted by Gasteiger charge is -2.28. The summed E-state index contributed by atoms with van der Waals surface area (Å²) in [7, 11) is 0. The monoisotopic (exact) mass is 1340 g/mol. The van der Waals surface area contributed by atoms with Crippen molar-refractivity contribution in [1.82, 2.24) is 63.1 Å². The number of unbranched alkanes of at least 4 members (excludes halogenated alkanes) is 1. The summed E-state index contributed by atoms with van der Waals surface area (Å²) in [4.78, 5) is 182. The number of rotatable bonds is 40. The third-order valence-electron chi connectivity index (χ3n) is 15.8. The number of carboxylic acid groups (broad SMARTS) is 1. The molecular weight excluding hydrogens is 1250 g/mol. The highest BCUT2D eigenvalue weighted by Gasteiger charge is 2.36. The zero-order chi connectivity index (χ0) is 69.9. The second-order valence-corrected chi connectivity index (χ2v) is 23.6. The highest BCUT2D eigenvalue weighted by Crippen LogP contribution is 2.22. The molecule has 12 amide bonds. The van der Waals surface area contributed by atoms with Gasteiger partial charge in [0.25, 0.3) is 0 Å². The fourth-order valence-electron chi connectivity index (χ4n) is 10.1. The smallest absolute Gasteiger partial charge is 0.303 e. The molecule has 31 heteroatoms. The van der Waals surface area contributed by atoms with Crippen molar-refractivity contribution in [2.24, 2.45) is 28.9 Å². The van der Waals surface area contributed by atoms with Crippen LogP contribution in [0.3, 0.4) is 0 Å². The minimum atomic E-state index is -1.61. The molecule has 21 N–H and O–H groups in total. The number of aromatic nitrogens is 2. The van der Waals surface area contributed by atoms with Gasteiger partial charge in [0, 0.05) is 72.1 Å². The molecule has 5 rings (SSSR count). The van der Waals surface area contributed by atoms with Gasteiger partial charge in [-0.05, 0) is 87.2 Å². The van der Waals surface area contributed by atoms with Crippen LogP contribution >= 0.6 is 12.6 Å². The second kappa shape index (κ2) is 37.7. The molecule has 95 heavy (non-hydrogen) atoms. The Morgan fingerprint density at radius 1 is 0.505 bits per heavy atom. The summed E-state index contributed by atoms with van der Waals surface area (Å²) in [6.45, 7) is 5.62. The van der Waals surface area contributed by atoms with E-state index < -0.39 is 175 Å². The summed E-state index contributed by atoms with van der Waals surface area (Å²) in [5.41, 5.74) is 25.9. The Bertz CT molecular complexity index is 3510. The van der Waals surface area contributed by atoms with Gasteiger partial charge < -0.3 is 91.2 Å². The minimum Gasteiger partial charge on any atom is -0.481 e. The van der Waals surface area contributed by atoms with E-state index >= 15 is 0 Å². The zero-order valence-electron chi connectivity index (χ0n) is 53.4. The van der Waals surface area contributed by atoms with E-state index in [0.717, 1.165) is 21.8 Å². The largest absolute Gasteiger partial charge is 0.481 e. The van der Waals surface area contributed by atoms with Gasteiger partial charge >= 0.3 is 5.97 Å². The number of para-hydroxylation sites is 2. The maximum atomic E-state index is 14.6. The van der Waals surface area contributed by atoms with Gasteiger partial charge in [-0.25, -0.2) is 0 Å². The number of carbonyl (C=O) groups excluding carboxylic acids is 12. The van der Waals surface area contributed by atoms with Gasteiger partial charge in [0.05, 0.1) is 12.6 Å². The Balaban J connectivity index is 1.30. The maximum Gasteiger partial charge on any atom is 0.303 e. The standard InChI is InChI=1S/C64H88N16O14S/c1-5-34(2)54(64(94)75-44(21-13-14-26-65)58(88)73-45(22-24-51(67)81)59(89)74-46(23-25-53(83)84)60(90)76-47(55(68)85)27-37-15-7-6-8-16-37)80-52(82)32-71-57(87)36(4)72-61(91)48(28-38-30-69-42-19-11-9-17-40(38)42)77-62(92)49(29-39-31-70-43-20-12-10-18-41(39)43)78-63(93)50(33-95)79-56(86)35(3)66/h6-12,15-20,30-31,34-36,44-50,54,69-70,95H,5,13-14,21-29,32-33,65-66H2,1-4H3,(H2,67,81)(H2,68,85)(H,71,87)(H,72,91)(H,73,88)(H,74,89)(H,75,94)(H,76,90)(H,77,92)(H,78,93)(H,79,86)(H,80,82)(H,83,84)/t34-,35+,36+,44+,45+,46+,47+,48+,49+,50+,54+/m0/s1. The van der Waals surface area contributed by atoms with Crippen molar-refractivity contribution in [2.45, 2.75) is 159 Å². The lowest BCUT2D eigenvalue weighted by molar-refractivity contribution is -0.138. The number of aromatic amines is 2. The molecule has 0 saturated carbocycles. The number of hydrogen-bond donors (Lipinski definition) is 18. The van der Waals surface area contributed by atoms with Crippen molar-refractivity contribution in [3.8, 4) is 0 Å². The first kappa shape index (κ1) is 75.8. The van der Waals surface area contributed by atoms with Crippen LogP contribution in [-0.4, -0.2) is 171 Å². The fourth-order valence-corrected chi connectivity index (χ4v) is 10.4. The van der Waals surface area contributed by atoms with Crippen molar-refractivity contribution >= 4 is 111 Å². The van der Waals surface area contributed by atoms with Crippen molar-refractivity contribution in [3.05, 3.63) is 108 Å². The number of fused-ring (bicyclic) bond motifs is 2. The first-order valence-electron chi connectivity index (χ1n) is 31.2. The third kappa shape index (κ3) is 23.9. The Morgan fingerprint density at radius 2 is 0.958 bits per heavy atom. The number of hydrogen-bond acceptors (Lipinski definition) is 16. The van der Waals surface area contributed by atoms with Crippen LogP contribution in [-0.2, 0) is 81.6 Å². The number of primary amides is 2. The predicted octanol–water partition coefficient (Wildman–Crippen LogP) is -1.76. The van der Waals surface area contributed by atoms with Crippen LogP contribution < -0.4 is 76.1 Å². The molecule has 0 fully saturated rings. The molecule has 3 aromatic carbocycles. The molecule has 0 aliphatic rings. The summed E-state index contributed by atoms with van der Waals surface area (Å²) < 4.78 is 0. The summed E-state index contributed by atoms with van der Waals surface area (Å²) in [5.74, 6) is -12.5. The molecule has 0 bridgehead atoms. The summed E-state index contributed by atoms with van der Waals surface area (Å²) in [5, 5.41) is 36.7. The minimum absolute atomic E-state index is 0.0439. The predicted molar refractivity (Wildman–Crippen MR) is 355 cm³/mol. The molecule has 2 aromatic heterocycles. The summed E-state index contributed by atoms with van der Waals surface area (Å²) in [6.07, 6.45) is 2.02. The quantitative estimate of drug-likeness (QED) is 0.0153. The van der Waals surface area contributed by atoms with Gasteiger partial charge in [0.1, 0.15) is 54.4 Å². The number of H-pyrrole nitrogens is 2. The van der Waals surface area contributed by atoms with Crippen LogP contribution in [0.4, 0.5) is 0 Å². The highest BCUT2D eigenvalue weighted by molar-refractivity contribution is 7.80. The Morgan fingerprint density at radius 3 is 1.45 bits per heavy atom. The van der Waals surface area contributed by atoms with Gasteiger partial charge in [-0.1, -0.05) is 87.0 Å². The van der Waals surface area contributed by atoms with Crippen LogP contribution in [0, 0.1) is 5.92 Å². The van der Waals surface area contributed by atoms with Crippen LogP contribution in [0.2, 0.25) is 0 Å². The number of amides is 12. The van der Waals surface area contributed by atoms with Gasteiger partial charge in [-0.2, -0.15) is 12.6 Å². The SMILES string of the molecule is CC[C@H](C)[C@@H](NC(=O)CNC(=O)[C@@H](C)NC(=O)[C@@H](Cc1c[nH]c2ccccc12)NC(=O)[C@@H](Cc1c[nH]c2ccccc12)NC(=O)[C@@H](CS)NC(=O)[C@@H](C)N)C(=O)N[C@H](CCCCN)C(=O)N[C@H](CCC(N)=O)C(=O)N[C@H](CCC(=O)O)C(=O)N[C@H](Cc1ccccc1)C(N)=O. The van der Waals surface area contributed by atoms with E-state index in [-0.39, 0.29) is 44.4 Å². The molecule has 0 saturated heterocycles. The van der Waals surface area contributed by atoms with Crippen molar-refractivity contribution in [3.63, 3.8) is 0 Å². The molecule has 0 radical (unpaired) electrons. The average molecular weight is 1340 g/mol. The first-order chi connectivity index (χ1) is 45.2. The van der Waals surface area contributed by atoms with Crippen LogP contribution in [0.25, 0.3) is 21.8 Å². The van der Waals surface area contributed by atoms with Crippen molar-refractivity contribution in [1.29, 1.82) is 0 Å². The number of aliphatic carboxylic acids is 1. The highest BCUT2D eigenvalue weighted by atomic mass is 32.1. The van der Waals surface area contributed by atoms with E-state index in [1.165, 1.54) is 13.8 Å². The maximum absolute atomic E-state index is 14.6. The molecule has 2 heterocycles. The fraction of sp³-hybridized carbons (Fsp3) is 0.453. The van der Waals surface area contributed by atoms with Crippen molar-refractivity contribution in [2.75, 3.05) is 18.8 Å². The summed E-state index contributed by atoms with van der Waals surface area (Å²) >= 11 is 4.26. The molecule has 0 spiro atoms. The summed E-state index contributed by atoms with van der Waals surface area (Å²) in [6, 6.07) is 9.49. The number of nitrogens with two attached hydrogens (primary N) is 4. The van der Waals surface area contributed by atoms with Crippen LogP contribution in [0.1, 0.15) is 95.8 Å². The molecule has 30 nitrogen and oxygen atoms in total. The van der Waals surface area contributed by atoms with E-state index in [0.29, 0.717) is 29.5 Å². The van der Waals surface area contributed by atoms with E-state index in [2.05, 4.69) is 75.8 Å². The van der Waals surface area contributed by atoms with E-state index in [4.69, 9.17) is 22.9 Å². The Kier molecular flexibility index (Phi) is 30.1. The Labute approximate surface area is 554 Å². The van der Waals surface area contributed by atoms with Crippen LogP contribution in [0.5, 0.6) is 0 Å². The third-order valence-corrected chi connectivity index (χ3v) is 16.2. The van der Waals surface area contributed by atoms with Crippen molar-refractivity contribution < 1.29 is 67.4 Å². The first-order valence-corrected chi connectivity index (χ1v) is 31.9. The number of nitrogens with one attached hydrogen (secondary N) is 12. The van der Waals surface area contributed by atoms with E-state index in [1.807, 2.05) is 36.4 Å². The molecule has 5 aromatic rings. The van der Waals surface area contributed by atoms with Gasteiger partial charge in [-0.15, -0.1) is 0 Å². The van der Waals surface area contributed by atoms with Gasteiger partial charge in [0.2, 0.25) is 70.9 Å². The Hall–Kier alpha value is -9.88. The number of benzene rings is 3. The number of carboxylic acids is 1. The molecule has 514 valence electrons. The lowest BCUT2D eigenvalue weighted by Crippen LogP contribution is -2.60. The molecule has 0 unspecified atom stereocenters. The topological polar surface area (TPSA) is 498 Å². The van der Waals surface area contributed by atoms with Gasteiger partial charge in [0.15, 0.2) is 0 Å². The molecule has 0 aliphatic carbocycles. The van der Waals surface area contributed by atoms with E-state index in [1.54, 1.807) is 68.7 Å². The number of thiol groups is 1. The average Bonchev–Trinajstić information content (AvgIpc) is 1.81. The van der Waals surface area contributed by atoms with Crippen LogP contribution in [0.15, 0.2) is 91.3 Å². The number of carbonyl (C=O) groups is 13. The van der Waals surface area contributed by atoms with E-state index in [9.17, 15) is 67.4 Å².